The summed E-state index contributed by atoms with van der Waals surface area (Å²) in [4.78, 5) is 27.6. The van der Waals surface area contributed by atoms with Crippen molar-refractivity contribution in [2.75, 3.05) is 17.4 Å². The normalized spacial score (nSPS) is 12.0. The number of nitrogens with one attached hydrogen (secondary N) is 1. The summed E-state index contributed by atoms with van der Waals surface area (Å²) < 4.78 is 41.6. The van der Waals surface area contributed by atoms with E-state index in [-0.39, 0.29) is 17.1 Å². The number of rotatable bonds is 10. The number of anilines is 1. The van der Waals surface area contributed by atoms with Gasteiger partial charge >= 0.3 is 0 Å². The molecule has 0 aliphatic rings. The number of nitrogens with zero attached hydrogens (tertiary/aromatic N) is 2. The van der Waals surface area contributed by atoms with Crippen molar-refractivity contribution in [3.8, 4) is 0 Å². The smallest absolute Gasteiger partial charge is 0.264 e. The lowest BCUT2D eigenvalue weighted by Crippen LogP contribution is -2.51. The molecule has 190 valence electrons. The molecule has 0 saturated heterocycles. The summed E-state index contributed by atoms with van der Waals surface area (Å²) >= 11 is 6.13. The Bertz CT molecular complexity index is 1300. The highest BCUT2D eigenvalue weighted by Gasteiger charge is 2.32. The van der Waals surface area contributed by atoms with Crippen LogP contribution in [-0.4, -0.2) is 44.3 Å². The lowest BCUT2D eigenvalue weighted by molar-refractivity contribution is -0.139. The summed E-state index contributed by atoms with van der Waals surface area (Å²) in [5.41, 5.74) is 0.785. The van der Waals surface area contributed by atoms with Gasteiger partial charge in [0.2, 0.25) is 11.8 Å². The van der Waals surface area contributed by atoms with E-state index in [0.717, 1.165) is 4.31 Å². The molecule has 0 aliphatic heterocycles. The number of hydrogen-bond donors (Lipinski definition) is 1. The van der Waals surface area contributed by atoms with Gasteiger partial charge in [-0.3, -0.25) is 13.9 Å². The molecule has 0 spiro atoms. The summed E-state index contributed by atoms with van der Waals surface area (Å²) in [6, 6.07) is 18.5. The van der Waals surface area contributed by atoms with E-state index in [1.165, 1.54) is 53.4 Å². The molecule has 36 heavy (non-hydrogen) atoms. The Morgan fingerprint density at radius 1 is 1.00 bits per heavy atom. The number of carbonyl (C=O) groups excluding carboxylic acids is 2. The van der Waals surface area contributed by atoms with Gasteiger partial charge in [-0.2, -0.15) is 0 Å². The molecular weight excluding hydrogens is 505 g/mol. The third-order valence-corrected chi connectivity index (χ3v) is 7.51. The molecule has 0 saturated carbocycles. The van der Waals surface area contributed by atoms with Crippen molar-refractivity contribution in [1.29, 1.82) is 0 Å². The second kappa shape index (κ2) is 12.0. The van der Waals surface area contributed by atoms with E-state index in [2.05, 4.69) is 5.32 Å². The minimum Gasteiger partial charge on any atom is -0.355 e. The molecule has 3 aromatic rings. The Balaban J connectivity index is 2.01. The zero-order valence-electron chi connectivity index (χ0n) is 19.9. The van der Waals surface area contributed by atoms with Crippen molar-refractivity contribution in [3.63, 3.8) is 0 Å². The van der Waals surface area contributed by atoms with Crippen molar-refractivity contribution in [2.45, 2.75) is 31.3 Å². The van der Waals surface area contributed by atoms with E-state index in [1.807, 2.05) is 0 Å². The molecule has 0 fully saturated rings. The van der Waals surface area contributed by atoms with Crippen LogP contribution in [0, 0.1) is 5.82 Å². The predicted octanol–water partition coefficient (Wildman–Crippen LogP) is 4.23. The zero-order valence-corrected chi connectivity index (χ0v) is 21.5. The van der Waals surface area contributed by atoms with E-state index in [0.29, 0.717) is 17.1 Å². The summed E-state index contributed by atoms with van der Waals surface area (Å²) in [6.07, 6.45) is 0. The number of benzene rings is 3. The van der Waals surface area contributed by atoms with Gasteiger partial charge in [-0.15, -0.1) is 0 Å². The fraction of sp³-hybridized carbons (Fsp3) is 0.231. The average molecular weight is 532 g/mol. The maximum Gasteiger partial charge on any atom is 0.264 e. The van der Waals surface area contributed by atoms with E-state index >= 15 is 0 Å². The van der Waals surface area contributed by atoms with Crippen molar-refractivity contribution < 1.29 is 22.4 Å². The number of amides is 2. The summed E-state index contributed by atoms with van der Waals surface area (Å²) in [5.74, 6) is -1.44. The number of carbonyl (C=O) groups is 2. The quantitative estimate of drug-likeness (QED) is 0.424. The molecule has 1 N–H and O–H groups in total. The predicted molar refractivity (Wildman–Crippen MR) is 138 cm³/mol. The SMILES string of the molecule is CCNC(=O)[C@@H](C)N(Cc1ccc(F)cc1)C(=O)CN(c1cccc(Cl)c1)S(=O)(=O)c1ccccc1. The van der Waals surface area contributed by atoms with Gasteiger partial charge in [0.05, 0.1) is 10.6 Å². The molecule has 2 amide bonds. The third-order valence-electron chi connectivity index (χ3n) is 5.49. The van der Waals surface area contributed by atoms with Crippen LogP contribution in [0.25, 0.3) is 0 Å². The molecule has 0 heterocycles. The standard InChI is InChI=1S/C26H27ClFN3O4S/c1-3-29-26(33)19(2)30(17-20-12-14-22(28)15-13-20)25(32)18-31(23-9-7-8-21(27)16-23)36(34,35)24-10-5-4-6-11-24/h4-16,19H,3,17-18H2,1-2H3,(H,29,33)/t19-/m1/s1. The Kier molecular flexibility index (Phi) is 9.06. The van der Waals surface area contributed by atoms with Crippen LogP contribution >= 0.6 is 11.6 Å². The van der Waals surface area contributed by atoms with Gasteiger partial charge in [0.1, 0.15) is 18.4 Å². The molecule has 0 aliphatic carbocycles. The topological polar surface area (TPSA) is 86.8 Å². The highest BCUT2D eigenvalue weighted by atomic mass is 35.5. The molecule has 3 aromatic carbocycles. The van der Waals surface area contributed by atoms with Crippen molar-refractivity contribution in [3.05, 3.63) is 95.3 Å². The molecule has 3 rings (SSSR count). The average Bonchev–Trinajstić information content (AvgIpc) is 2.87. The molecule has 0 bridgehead atoms. The second-order valence-electron chi connectivity index (χ2n) is 8.02. The second-order valence-corrected chi connectivity index (χ2v) is 10.3. The van der Waals surface area contributed by atoms with Crippen LogP contribution in [0.15, 0.2) is 83.8 Å². The first-order valence-electron chi connectivity index (χ1n) is 11.3. The van der Waals surface area contributed by atoms with E-state index in [9.17, 15) is 22.4 Å². The van der Waals surface area contributed by atoms with Gasteiger partial charge in [-0.1, -0.05) is 48.0 Å². The van der Waals surface area contributed by atoms with Gasteiger partial charge in [0.15, 0.2) is 0 Å². The maximum absolute atomic E-state index is 13.6. The fourth-order valence-corrected chi connectivity index (χ4v) is 5.18. The first-order valence-corrected chi connectivity index (χ1v) is 13.1. The molecule has 0 unspecified atom stereocenters. The maximum atomic E-state index is 13.6. The van der Waals surface area contributed by atoms with Crippen LogP contribution in [0.5, 0.6) is 0 Å². The first kappa shape index (κ1) is 27.2. The van der Waals surface area contributed by atoms with Crippen LogP contribution in [0.2, 0.25) is 5.02 Å². The highest BCUT2D eigenvalue weighted by molar-refractivity contribution is 7.92. The van der Waals surface area contributed by atoms with E-state index in [4.69, 9.17) is 11.6 Å². The molecule has 10 heteroatoms. The molecule has 0 radical (unpaired) electrons. The van der Waals surface area contributed by atoms with Gasteiger partial charge in [-0.05, 0) is 61.9 Å². The minimum absolute atomic E-state index is 0.000338. The lowest BCUT2D eigenvalue weighted by atomic mass is 10.1. The molecular formula is C26H27ClFN3O4S. The molecule has 7 nitrogen and oxygen atoms in total. The van der Waals surface area contributed by atoms with Gasteiger partial charge in [0, 0.05) is 18.1 Å². The van der Waals surface area contributed by atoms with Crippen molar-refractivity contribution >= 4 is 39.1 Å². The van der Waals surface area contributed by atoms with Gasteiger partial charge < -0.3 is 10.2 Å². The largest absolute Gasteiger partial charge is 0.355 e. The van der Waals surface area contributed by atoms with Gasteiger partial charge in [-0.25, -0.2) is 12.8 Å². The van der Waals surface area contributed by atoms with Crippen LogP contribution in [-0.2, 0) is 26.2 Å². The van der Waals surface area contributed by atoms with Crippen LogP contribution in [0.1, 0.15) is 19.4 Å². The lowest BCUT2D eigenvalue weighted by Gasteiger charge is -2.32. The van der Waals surface area contributed by atoms with E-state index < -0.39 is 40.2 Å². The monoisotopic (exact) mass is 531 g/mol. The van der Waals surface area contributed by atoms with Crippen LogP contribution in [0.3, 0.4) is 0 Å². The van der Waals surface area contributed by atoms with Crippen molar-refractivity contribution in [1.82, 2.24) is 10.2 Å². The Labute approximate surface area is 215 Å². The highest BCUT2D eigenvalue weighted by Crippen LogP contribution is 2.26. The Morgan fingerprint density at radius 3 is 2.28 bits per heavy atom. The third kappa shape index (κ3) is 6.61. The van der Waals surface area contributed by atoms with Crippen LogP contribution < -0.4 is 9.62 Å². The number of hydrogen-bond acceptors (Lipinski definition) is 4. The van der Waals surface area contributed by atoms with Crippen LogP contribution in [0.4, 0.5) is 10.1 Å². The Morgan fingerprint density at radius 2 is 1.67 bits per heavy atom. The fourth-order valence-electron chi connectivity index (χ4n) is 3.57. The zero-order chi connectivity index (χ0) is 26.3. The van der Waals surface area contributed by atoms with Gasteiger partial charge in [0.25, 0.3) is 10.0 Å². The number of halogens is 2. The first-order chi connectivity index (χ1) is 17.1. The molecule has 0 aromatic heterocycles. The minimum atomic E-state index is -4.16. The van der Waals surface area contributed by atoms with Crippen molar-refractivity contribution in [2.24, 2.45) is 0 Å². The summed E-state index contributed by atoms with van der Waals surface area (Å²) in [5, 5.41) is 2.98. The summed E-state index contributed by atoms with van der Waals surface area (Å²) in [7, 11) is -4.16. The number of sulfonamides is 1. The van der Waals surface area contributed by atoms with E-state index in [1.54, 1.807) is 44.2 Å². The molecule has 1 atom stereocenters. The Hall–Kier alpha value is -3.43. The number of likely N-dealkylation sites (N-methyl/N-ethyl adjacent to an activating group) is 1. The summed E-state index contributed by atoms with van der Waals surface area (Å²) in [6.45, 7) is 3.07.